The number of aromatic carboxylic acids is 1. The van der Waals surface area contributed by atoms with Crippen LogP contribution in [0.5, 0.6) is 0 Å². The van der Waals surface area contributed by atoms with Crippen LogP contribution in [0.1, 0.15) is 20.8 Å². The van der Waals surface area contributed by atoms with Crippen molar-refractivity contribution >= 4 is 49.4 Å². The van der Waals surface area contributed by atoms with Crippen molar-refractivity contribution in [3.05, 3.63) is 56.7 Å². The Balaban J connectivity index is 2.19. The highest BCUT2D eigenvalue weighted by molar-refractivity contribution is 9.11. The van der Waals surface area contributed by atoms with Crippen LogP contribution in [0.4, 0.5) is 5.69 Å². The maximum atomic E-state index is 12.1. The number of pyridine rings is 1. The molecular formula is C13H8Br2N2O3. The number of amides is 1. The Morgan fingerprint density at radius 1 is 1.15 bits per heavy atom. The summed E-state index contributed by atoms with van der Waals surface area (Å²) in [4.78, 5) is 26.5. The zero-order chi connectivity index (χ0) is 14.7. The summed E-state index contributed by atoms with van der Waals surface area (Å²) in [7, 11) is 0. The first-order chi connectivity index (χ1) is 9.47. The minimum Gasteiger partial charge on any atom is -0.477 e. The number of hydrogen-bond donors (Lipinski definition) is 2. The van der Waals surface area contributed by atoms with Gasteiger partial charge in [0.15, 0.2) is 0 Å². The Morgan fingerprint density at radius 2 is 1.90 bits per heavy atom. The van der Waals surface area contributed by atoms with E-state index >= 15 is 0 Å². The molecule has 1 heterocycles. The minimum atomic E-state index is -1.11. The lowest BCUT2D eigenvalue weighted by atomic mass is 10.2. The van der Waals surface area contributed by atoms with Gasteiger partial charge in [-0.2, -0.15) is 0 Å². The van der Waals surface area contributed by atoms with E-state index < -0.39 is 5.97 Å². The zero-order valence-corrected chi connectivity index (χ0v) is 13.1. The molecule has 0 aliphatic rings. The van der Waals surface area contributed by atoms with Crippen molar-refractivity contribution in [2.24, 2.45) is 0 Å². The molecule has 0 unspecified atom stereocenters. The normalized spacial score (nSPS) is 10.1. The molecule has 1 amide bonds. The summed E-state index contributed by atoms with van der Waals surface area (Å²) >= 11 is 6.60. The standard InChI is InChI=1S/C13H8Br2N2O3/c14-7-1-3-10(15)9(5-7)12(18)17-8-2-4-11(13(19)20)16-6-8/h1-6H,(H,17,18)(H,19,20). The van der Waals surface area contributed by atoms with Crippen LogP contribution in [0.15, 0.2) is 45.5 Å². The largest absolute Gasteiger partial charge is 0.477 e. The molecule has 0 spiro atoms. The van der Waals surface area contributed by atoms with Gasteiger partial charge in [-0.3, -0.25) is 4.79 Å². The topological polar surface area (TPSA) is 79.3 Å². The molecule has 1 aromatic heterocycles. The van der Waals surface area contributed by atoms with Crippen molar-refractivity contribution in [2.45, 2.75) is 0 Å². The van der Waals surface area contributed by atoms with Crippen LogP contribution in [0, 0.1) is 0 Å². The number of benzene rings is 1. The third-order valence-electron chi connectivity index (χ3n) is 2.41. The number of rotatable bonds is 3. The Morgan fingerprint density at radius 3 is 2.50 bits per heavy atom. The van der Waals surface area contributed by atoms with E-state index in [2.05, 4.69) is 42.2 Å². The second-order valence-corrected chi connectivity index (χ2v) is 5.59. The van der Waals surface area contributed by atoms with Crippen molar-refractivity contribution in [3.63, 3.8) is 0 Å². The molecule has 0 saturated heterocycles. The maximum Gasteiger partial charge on any atom is 0.354 e. The minimum absolute atomic E-state index is 0.0772. The molecule has 0 bridgehead atoms. The number of anilines is 1. The SMILES string of the molecule is O=C(O)c1ccc(NC(=O)c2cc(Br)ccc2Br)cn1. The van der Waals surface area contributed by atoms with E-state index in [1.165, 1.54) is 18.3 Å². The van der Waals surface area contributed by atoms with Gasteiger partial charge >= 0.3 is 5.97 Å². The van der Waals surface area contributed by atoms with Crippen LogP contribution in [0.3, 0.4) is 0 Å². The second-order valence-electron chi connectivity index (χ2n) is 3.82. The highest BCUT2D eigenvalue weighted by Crippen LogP contribution is 2.22. The van der Waals surface area contributed by atoms with Crippen LogP contribution in [-0.2, 0) is 0 Å². The number of hydrogen-bond acceptors (Lipinski definition) is 3. The molecule has 2 rings (SSSR count). The van der Waals surface area contributed by atoms with E-state index in [9.17, 15) is 9.59 Å². The number of halogens is 2. The van der Waals surface area contributed by atoms with Crippen LogP contribution < -0.4 is 5.32 Å². The molecule has 2 aromatic rings. The first kappa shape index (κ1) is 14.7. The Labute approximate surface area is 131 Å². The van der Waals surface area contributed by atoms with Crippen molar-refractivity contribution in [1.82, 2.24) is 4.98 Å². The van der Waals surface area contributed by atoms with Crippen LogP contribution in [-0.4, -0.2) is 22.0 Å². The summed E-state index contributed by atoms with van der Waals surface area (Å²) < 4.78 is 1.44. The number of carboxylic acid groups (broad SMARTS) is 1. The summed E-state index contributed by atoms with van der Waals surface area (Å²) in [6, 6.07) is 8.06. The molecule has 0 aliphatic carbocycles. The van der Waals surface area contributed by atoms with Gasteiger partial charge in [0.25, 0.3) is 5.91 Å². The first-order valence-electron chi connectivity index (χ1n) is 5.43. The molecule has 0 fully saturated rings. The molecule has 20 heavy (non-hydrogen) atoms. The quantitative estimate of drug-likeness (QED) is 0.826. The number of carboxylic acids is 1. The van der Waals surface area contributed by atoms with Gasteiger partial charge in [0.05, 0.1) is 17.4 Å². The molecule has 102 valence electrons. The molecule has 0 saturated carbocycles. The second kappa shape index (κ2) is 6.15. The Hall–Kier alpha value is -1.73. The monoisotopic (exact) mass is 398 g/mol. The highest BCUT2D eigenvalue weighted by atomic mass is 79.9. The lowest BCUT2D eigenvalue weighted by molar-refractivity contribution is 0.0690. The summed E-state index contributed by atoms with van der Waals surface area (Å²) in [5.74, 6) is -1.43. The number of aromatic nitrogens is 1. The third kappa shape index (κ3) is 3.43. The lowest BCUT2D eigenvalue weighted by Crippen LogP contribution is -2.13. The fraction of sp³-hybridized carbons (Fsp3) is 0. The number of carbonyl (C=O) groups is 2. The van der Waals surface area contributed by atoms with Crippen molar-refractivity contribution < 1.29 is 14.7 Å². The van der Waals surface area contributed by atoms with E-state index in [0.717, 1.165) is 4.47 Å². The van der Waals surface area contributed by atoms with Gasteiger partial charge in [-0.1, -0.05) is 15.9 Å². The average Bonchev–Trinajstić information content (AvgIpc) is 2.42. The summed E-state index contributed by atoms with van der Waals surface area (Å²) in [6.07, 6.45) is 1.30. The fourth-order valence-electron chi connectivity index (χ4n) is 1.46. The molecule has 0 atom stereocenters. The lowest BCUT2D eigenvalue weighted by Gasteiger charge is -2.07. The molecule has 0 radical (unpaired) electrons. The average molecular weight is 400 g/mol. The predicted molar refractivity (Wildman–Crippen MR) is 81.0 cm³/mol. The summed E-state index contributed by atoms with van der Waals surface area (Å²) in [5, 5.41) is 11.4. The smallest absolute Gasteiger partial charge is 0.354 e. The molecule has 2 N–H and O–H groups in total. The van der Waals surface area contributed by atoms with E-state index in [1.807, 2.05) is 6.07 Å². The Bertz CT molecular complexity index is 672. The van der Waals surface area contributed by atoms with Gasteiger partial charge in [0.2, 0.25) is 0 Å². The van der Waals surface area contributed by atoms with Crippen LogP contribution in [0.2, 0.25) is 0 Å². The predicted octanol–water partition coefficient (Wildman–Crippen LogP) is 3.56. The molecule has 5 nitrogen and oxygen atoms in total. The van der Waals surface area contributed by atoms with Crippen molar-refractivity contribution in [1.29, 1.82) is 0 Å². The Kier molecular flexibility index (Phi) is 4.51. The van der Waals surface area contributed by atoms with Gasteiger partial charge < -0.3 is 10.4 Å². The zero-order valence-electron chi connectivity index (χ0n) is 9.93. The number of nitrogens with one attached hydrogen (secondary N) is 1. The van der Waals surface area contributed by atoms with Gasteiger partial charge in [-0.15, -0.1) is 0 Å². The van der Waals surface area contributed by atoms with Gasteiger partial charge in [0, 0.05) is 8.95 Å². The van der Waals surface area contributed by atoms with Crippen molar-refractivity contribution in [2.75, 3.05) is 5.32 Å². The van der Waals surface area contributed by atoms with E-state index in [0.29, 0.717) is 15.7 Å². The van der Waals surface area contributed by atoms with Crippen molar-refractivity contribution in [3.8, 4) is 0 Å². The highest BCUT2D eigenvalue weighted by Gasteiger charge is 2.11. The molecule has 1 aromatic carbocycles. The molecule has 7 heteroatoms. The van der Waals surface area contributed by atoms with E-state index in [-0.39, 0.29) is 11.6 Å². The van der Waals surface area contributed by atoms with E-state index in [4.69, 9.17) is 5.11 Å². The molecular weight excluding hydrogens is 392 g/mol. The first-order valence-corrected chi connectivity index (χ1v) is 7.02. The van der Waals surface area contributed by atoms with Gasteiger partial charge in [-0.05, 0) is 46.3 Å². The van der Waals surface area contributed by atoms with E-state index in [1.54, 1.807) is 12.1 Å². The van der Waals surface area contributed by atoms with Gasteiger partial charge in [-0.25, -0.2) is 9.78 Å². The summed E-state index contributed by atoms with van der Waals surface area (Å²) in [5.41, 5.74) is 0.806. The number of nitrogens with zero attached hydrogens (tertiary/aromatic N) is 1. The third-order valence-corrected chi connectivity index (χ3v) is 3.60. The fourth-order valence-corrected chi connectivity index (χ4v) is 2.25. The van der Waals surface area contributed by atoms with Crippen LogP contribution in [0.25, 0.3) is 0 Å². The summed E-state index contributed by atoms with van der Waals surface area (Å²) in [6.45, 7) is 0. The molecule has 0 aliphatic heterocycles. The van der Waals surface area contributed by atoms with Crippen LogP contribution >= 0.6 is 31.9 Å². The maximum absolute atomic E-state index is 12.1. The number of carbonyl (C=O) groups excluding carboxylic acids is 1. The van der Waals surface area contributed by atoms with Gasteiger partial charge in [0.1, 0.15) is 5.69 Å².